The summed E-state index contributed by atoms with van der Waals surface area (Å²) >= 11 is 1.59. The molecule has 0 aliphatic carbocycles. The number of rotatable bonds is 2. The summed E-state index contributed by atoms with van der Waals surface area (Å²) in [6.45, 7) is 0. The predicted octanol–water partition coefficient (Wildman–Crippen LogP) is 3.38. The third-order valence-corrected chi connectivity index (χ3v) is 3.50. The molecule has 2 heterocycles. The van der Waals surface area contributed by atoms with Gasteiger partial charge in [-0.2, -0.15) is 11.3 Å². The molecule has 0 spiro atoms. The highest BCUT2D eigenvalue weighted by Gasteiger charge is 2.11. The molecule has 0 aliphatic rings. The first-order chi connectivity index (χ1) is 8.34. The van der Waals surface area contributed by atoms with Gasteiger partial charge in [0.2, 0.25) is 0 Å². The van der Waals surface area contributed by atoms with E-state index >= 15 is 0 Å². The Bertz CT molecular complexity index is 634. The molecule has 2 aromatic heterocycles. The van der Waals surface area contributed by atoms with E-state index in [1.807, 2.05) is 47.2 Å². The van der Waals surface area contributed by atoms with Crippen molar-refractivity contribution in [1.82, 2.24) is 4.98 Å². The monoisotopic (exact) mass is 241 g/mol. The highest BCUT2D eigenvalue weighted by atomic mass is 32.1. The van der Waals surface area contributed by atoms with E-state index in [-0.39, 0.29) is 0 Å². The van der Waals surface area contributed by atoms with Crippen LogP contribution in [0.1, 0.15) is 17.2 Å². The van der Waals surface area contributed by atoms with Gasteiger partial charge in [-0.15, -0.1) is 0 Å². The maximum absolute atomic E-state index is 10.2. The Kier molecular flexibility index (Phi) is 2.63. The Labute approximate surface area is 103 Å². The predicted molar refractivity (Wildman–Crippen MR) is 70.1 cm³/mol. The fourth-order valence-electron chi connectivity index (χ4n) is 1.89. The Hall–Kier alpha value is -1.71. The quantitative estimate of drug-likeness (QED) is 0.746. The molecule has 2 nitrogen and oxygen atoms in total. The van der Waals surface area contributed by atoms with Crippen molar-refractivity contribution in [1.29, 1.82) is 0 Å². The Balaban J connectivity index is 2.06. The van der Waals surface area contributed by atoms with Gasteiger partial charge in [-0.1, -0.05) is 12.1 Å². The molecular weight excluding hydrogens is 230 g/mol. The van der Waals surface area contributed by atoms with Gasteiger partial charge < -0.3 is 5.11 Å². The van der Waals surface area contributed by atoms with Gasteiger partial charge in [-0.25, -0.2) is 0 Å². The number of thiophene rings is 1. The average molecular weight is 241 g/mol. The van der Waals surface area contributed by atoms with Crippen molar-refractivity contribution < 1.29 is 5.11 Å². The molecule has 0 aliphatic heterocycles. The Morgan fingerprint density at radius 1 is 1.12 bits per heavy atom. The summed E-state index contributed by atoms with van der Waals surface area (Å²) in [5, 5.41) is 15.2. The lowest BCUT2D eigenvalue weighted by molar-refractivity contribution is 0.221. The molecule has 0 fully saturated rings. The highest BCUT2D eigenvalue weighted by molar-refractivity contribution is 7.07. The molecule has 3 aromatic rings. The molecule has 3 heteroatoms. The first-order valence-corrected chi connectivity index (χ1v) is 6.34. The van der Waals surface area contributed by atoms with Crippen molar-refractivity contribution in [3.8, 4) is 0 Å². The maximum Gasteiger partial charge on any atom is 0.105 e. The summed E-state index contributed by atoms with van der Waals surface area (Å²) in [5.41, 5.74) is 2.80. The number of benzene rings is 1. The van der Waals surface area contributed by atoms with Crippen molar-refractivity contribution >= 4 is 22.2 Å². The normalized spacial score (nSPS) is 12.8. The number of hydrogen-bond donors (Lipinski definition) is 1. The fourth-order valence-corrected chi connectivity index (χ4v) is 2.57. The number of hydrogen-bond acceptors (Lipinski definition) is 3. The van der Waals surface area contributed by atoms with Crippen LogP contribution in [-0.4, -0.2) is 10.1 Å². The maximum atomic E-state index is 10.2. The van der Waals surface area contributed by atoms with E-state index in [1.54, 1.807) is 17.5 Å². The lowest BCUT2D eigenvalue weighted by atomic mass is 10.0. The first kappa shape index (κ1) is 10.4. The largest absolute Gasteiger partial charge is 0.384 e. The molecule has 0 radical (unpaired) electrons. The topological polar surface area (TPSA) is 33.1 Å². The summed E-state index contributed by atoms with van der Waals surface area (Å²) in [6, 6.07) is 11.7. The number of fused-ring (bicyclic) bond motifs is 1. The molecule has 1 aromatic carbocycles. The van der Waals surface area contributed by atoms with Crippen molar-refractivity contribution in [2.75, 3.05) is 0 Å². The van der Waals surface area contributed by atoms with Gasteiger partial charge in [0, 0.05) is 11.6 Å². The molecule has 0 saturated carbocycles. The van der Waals surface area contributed by atoms with Crippen LogP contribution < -0.4 is 0 Å². The van der Waals surface area contributed by atoms with Gasteiger partial charge in [0.25, 0.3) is 0 Å². The molecular formula is C14H11NOS. The minimum atomic E-state index is -0.550. The number of pyridine rings is 1. The average Bonchev–Trinajstić information content (AvgIpc) is 2.91. The van der Waals surface area contributed by atoms with Crippen LogP contribution in [0.15, 0.2) is 53.4 Å². The van der Waals surface area contributed by atoms with Crippen LogP contribution in [0.3, 0.4) is 0 Å². The molecule has 0 amide bonds. The van der Waals surface area contributed by atoms with E-state index in [1.165, 1.54) is 0 Å². The summed E-state index contributed by atoms with van der Waals surface area (Å²) < 4.78 is 0. The van der Waals surface area contributed by atoms with Gasteiger partial charge in [-0.3, -0.25) is 4.98 Å². The SMILES string of the molecule is OC(c1ccsc1)c1ccc2ncccc2c1. The van der Waals surface area contributed by atoms with Gasteiger partial charge in [0.15, 0.2) is 0 Å². The fraction of sp³-hybridized carbons (Fsp3) is 0.0714. The highest BCUT2D eigenvalue weighted by Crippen LogP contribution is 2.25. The van der Waals surface area contributed by atoms with Crippen LogP contribution in [-0.2, 0) is 0 Å². The number of aliphatic hydroxyl groups excluding tert-OH is 1. The van der Waals surface area contributed by atoms with E-state index in [4.69, 9.17) is 0 Å². The van der Waals surface area contributed by atoms with E-state index in [0.29, 0.717) is 0 Å². The van der Waals surface area contributed by atoms with Crippen molar-refractivity contribution in [2.45, 2.75) is 6.10 Å². The zero-order valence-corrected chi connectivity index (χ0v) is 9.89. The lowest BCUT2D eigenvalue weighted by Crippen LogP contribution is -1.97. The third-order valence-electron chi connectivity index (χ3n) is 2.80. The summed E-state index contributed by atoms with van der Waals surface area (Å²) in [4.78, 5) is 4.26. The van der Waals surface area contributed by atoms with E-state index < -0.39 is 6.10 Å². The summed E-state index contributed by atoms with van der Waals surface area (Å²) in [5.74, 6) is 0. The van der Waals surface area contributed by atoms with Gasteiger partial charge in [0.1, 0.15) is 6.10 Å². The van der Waals surface area contributed by atoms with E-state index in [2.05, 4.69) is 4.98 Å². The van der Waals surface area contributed by atoms with Crippen molar-refractivity contribution in [3.63, 3.8) is 0 Å². The number of aliphatic hydroxyl groups is 1. The number of nitrogens with zero attached hydrogens (tertiary/aromatic N) is 1. The van der Waals surface area contributed by atoms with Gasteiger partial charge >= 0.3 is 0 Å². The third kappa shape index (κ3) is 1.95. The smallest absolute Gasteiger partial charge is 0.105 e. The Morgan fingerprint density at radius 2 is 2.06 bits per heavy atom. The minimum Gasteiger partial charge on any atom is -0.384 e. The molecule has 3 rings (SSSR count). The zero-order valence-electron chi connectivity index (χ0n) is 9.08. The molecule has 1 N–H and O–H groups in total. The molecule has 0 saturated heterocycles. The molecule has 0 bridgehead atoms. The minimum absolute atomic E-state index is 0.550. The first-order valence-electron chi connectivity index (χ1n) is 5.39. The van der Waals surface area contributed by atoms with Gasteiger partial charge in [-0.05, 0) is 46.2 Å². The lowest BCUT2D eigenvalue weighted by Gasteiger charge is -2.10. The molecule has 84 valence electrons. The van der Waals surface area contributed by atoms with E-state index in [9.17, 15) is 5.11 Å². The second-order valence-electron chi connectivity index (χ2n) is 3.91. The van der Waals surface area contributed by atoms with Crippen LogP contribution in [0.2, 0.25) is 0 Å². The second kappa shape index (κ2) is 4.28. The summed E-state index contributed by atoms with van der Waals surface area (Å²) in [6.07, 6.45) is 1.22. The van der Waals surface area contributed by atoms with Crippen LogP contribution in [0, 0.1) is 0 Å². The zero-order chi connectivity index (χ0) is 11.7. The van der Waals surface area contributed by atoms with E-state index in [0.717, 1.165) is 22.0 Å². The van der Waals surface area contributed by atoms with Gasteiger partial charge in [0.05, 0.1) is 5.52 Å². The van der Waals surface area contributed by atoms with Crippen molar-refractivity contribution in [2.24, 2.45) is 0 Å². The molecule has 1 atom stereocenters. The Morgan fingerprint density at radius 3 is 2.88 bits per heavy atom. The van der Waals surface area contributed by atoms with Crippen LogP contribution in [0.25, 0.3) is 10.9 Å². The van der Waals surface area contributed by atoms with Crippen LogP contribution in [0.5, 0.6) is 0 Å². The number of aromatic nitrogens is 1. The molecule has 1 unspecified atom stereocenters. The van der Waals surface area contributed by atoms with Crippen LogP contribution in [0.4, 0.5) is 0 Å². The summed E-state index contributed by atoms with van der Waals surface area (Å²) in [7, 11) is 0. The van der Waals surface area contributed by atoms with Crippen LogP contribution >= 0.6 is 11.3 Å². The molecule has 17 heavy (non-hydrogen) atoms. The second-order valence-corrected chi connectivity index (χ2v) is 4.69. The van der Waals surface area contributed by atoms with Crippen molar-refractivity contribution in [3.05, 3.63) is 64.5 Å². The standard InChI is InChI=1S/C14H11NOS/c16-14(12-5-7-17-9-12)11-3-4-13-10(8-11)2-1-6-15-13/h1-9,14,16H.